The Morgan fingerprint density at radius 2 is 2.06 bits per heavy atom. The van der Waals surface area contributed by atoms with Crippen molar-refractivity contribution in [2.24, 2.45) is 5.92 Å². The van der Waals surface area contributed by atoms with Crippen LogP contribution in [0.25, 0.3) is 0 Å². The third kappa shape index (κ3) is 2.39. The van der Waals surface area contributed by atoms with Gasteiger partial charge in [-0.15, -0.1) is 0 Å². The van der Waals surface area contributed by atoms with E-state index < -0.39 is 6.10 Å². The maximum absolute atomic E-state index is 9.80. The highest BCUT2D eigenvalue weighted by atomic mass is 16.3. The Bertz CT molecular complexity index is 395. The van der Waals surface area contributed by atoms with Crippen molar-refractivity contribution >= 4 is 0 Å². The third-order valence-electron chi connectivity index (χ3n) is 4.05. The molecule has 0 spiro atoms. The molecule has 0 bridgehead atoms. The lowest BCUT2D eigenvalue weighted by Crippen LogP contribution is -2.19. The molecule has 0 amide bonds. The average molecular weight is 236 g/mol. The van der Waals surface area contributed by atoms with Crippen LogP contribution in [0.15, 0.2) is 0 Å². The molecular weight excluding hydrogens is 212 g/mol. The van der Waals surface area contributed by atoms with E-state index in [1.54, 1.807) is 0 Å². The molecule has 1 heterocycles. The molecule has 0 saturated heterocycles. The highest BCUT2D eigenvalue weighted by Gasteiger charge is 2.25. The van der Waals surface area contributed by atoms with Crippen LogP contribution in [0.4, 0.5) is 0 Å². The summed E-state index contributed by atoms with van der Waals surface area (Å²) < 4.78 is 2.16. The monoisotopic (exact) mass is 236 g/mol. The topological polar surface area (TPSA) is 38.0 Å². The molecule has 0 aromatic carbocycles. The fraction of sp³-hybridized carbons (Fsp3) is 0.786. The second-order valence-corrected chi connectivity index (χ2v) is 5.63. The maximum Gasteiger partial charge on any atom is 0.0797 e. The van der Waals surface area contributed by atoms with Crippen molar-refractivity contribution in [1.82, 2.24) is 9.78 Å². The summed E-state index contributed by atoms with van der Waals surface area (Å²) in [4.78, 5) is 0. The lowest BCUT2D eigenvalue weighted by Gasteiger charge is -2.28. The Labute approximate surface area is 104 Å². The number of rotatable bonds is 2. The van der Waals surface area contributed by atoms with E-state index in [1.165, 1.54) is 25.7 Å². The van der Waals surface area contributed by atoms with Gasteiger partial charge in [-0.3, -0.25) is 4.68 Å². The fourth-order valence-electron chi connectivity index (χ4n) is 3.26. The van der Waals surface area contributed by atoms with Gasteiger partial charge in [-0.2, -0.15) is 5.10 Å². The quantitative estimate of drug-likeness (QED) is 0.855. The van der Waals surface area contributed by atoms with Crippen LogP contribution in [0.2, 0.25) is 0 Å². The fourth-order valence-corrected chi connectivity index (χ4v) is 3.26. The van der Waals surface area contributed by atoms with Crippen LogP contribution in [0.1, 0.15) is 68.6 Å². The van der Waals surface area contributed by atoms with Gasteiger partial charge in [0.15, 0.2) is 0 Å². The lowest BCUT2D eigenvalue weighted by molar-refractivity contribution is 0.197. The molecule has 96 valence electrons. The molecule has 3 heteroatoms. The molecule has 17 heavy (non-hydrogen) atoms. The molecule has 0 aliphatic heterocycles. The van der Waals surface area contributed by atoms with Crippen LogP contribution in [0, 0.1) is 19.8 Å². The van der Waals surface area contributed by atoms with Gasteiger partial charge < -0.3 is 5.11 Å². The standard InChI is InChI=1S/C14H24N2O/c1-9-6-5-7-13(8-9)16-11(3)14(12(4)17)10(2)15-16/h9,12-13,17H,5-8H2,1-4H3. The van der Waals surface area contributed by atoms with Gasteiger partial charge in [-0.25, -0.2) is 0 Å². The van der Waals surface area contributed by atoms with Gasteiger partial charge in [0.2, 0.25) is 0 Å². The molecule has 3 nitrogen and oxygen atoms in total. The van der Waals surface area contributed by atoms with Gasteiger partial charge in [-0.1, -0.05) is 19.8 Å². The Morgan fingerprint density at radius 1 is 1.35 bits per heavy atom. The van der Waals surface area contributed by atoms with Crippen LogP contribution < -0.4 is 0 Å². The van der Waals surface area contributed by atoms with Crippen molar-refractivity contribution in [3.8, 4) is 0 Å². The van der Waals surface area contributed by atoms with Crippen molar-refractivity contribution in [2.45, 2.75) is 65.5 Å². The predicted octanol–water partition coefficient (Wildman–Crippen LogP) is 3.30. The zero-order chi connectivity index (χ0) is 12.6. The highest BCUT2D eigenvalue weighted by Crippen LogP contribution is 2.34. The van der Waals surface area contributed by atoms with Crippen molar-refractivity contribution < 1.29 is 5.11 Å². The summed E-state index contributed by atoms with van der Waals surface area (Å²) in [7, 11) is 0. The number of hydrogen-bond acceptors (Lipinski definition) is 2. The van der Waals surface area contributed by atoms with E-state index in [2.05, 4.69) is 23.6 Å². The van der Waals surface area contributed by atoms with Crippen molar-refractivity contribution in [2.75, 3.05) is 0 Å². The first-order valence-electron chi connectivity index (χ1n) is 6.74. The number of aliphatic hydroxyl groups is 1. The summed E-state index contributed by atoms with van der Waals surface area (Å²) in [6, 6.07) is 0.532. The minimum absolute atomic E-state index is 0.412. The van der Waals surface area contributed by atoms with Gasteiger partial charge in [0.1, 0.15) is 0 Å². The van der Waals surface area contributed by atoms with Gasteiger partial charge in [0.25, 0.3) is 0 Å². The van der Waals surface area contributed by atoms with Crippen molar-refractivity contribution in [3.63, 3.8) is 0 Å². The Kier molecular flexibility index (Phi) is 3.57. The first kappa shape index (κ1) is 12.6. The Hall–Kier alpha value is -0.830. The molecule has 3 atom stereocenters. The molecule has 1 aliphatic carbocycles. The Morgan fingerprint density at radius 3 is 2.59 bits per heavy atom. The second-order valence-electron chi connectivity index (χ2n) is 5.63. The average Bonchev–Trinajstić information content (AvgIpc) is 2.54. The van der Waals surface area contributed by atoms with Gasteiger partial charge in [0, 0.05) is 11.3 Å². The minimum atomic E-state index is -0.412. The minimum Gasteiger partial charge on any atom is -0.389 e. The summed E-state index contributed by atoms with van der Waals surface area (Å²) in [6.07, 6.45) is 4.68. The third-order valence-corrected chi connectivity index (χ3v) is 4.05. The SMILES string of the molecule is Cc1nn(C2CCCC(C)C2)c(C)c1C(C)O. The van der Waals surface area contributed by atoms with E-state index in [-0.39, 0.29) is 0 Å². The first-order chi connectivity index (χ1) is 8.00. The Balaban J connectivity index is 2.29. The summed E-state index contributed by atoms with van der Waals surface area (Å²) in [6.45, 7) is 8.23. The molecule has 2 rings (SSSR count). The van der Waals surface area contributed by atoms with E-state index in [0.29, 0.717) is 6.04 Å². The van der Waals surface area contributed by atoms with Crippen LogP contribution in [0.5, 0.6) is 0 Å². The maximum atomic E-state index is 9.80. The second kappa shape index (κ2) is 4.81. The van der Waals surface area contributed by atoms with Crippen molar-refractivity contribution in [1.29, 1.82) is 0 Å². The van der Waals surface area contributed by atoms with E-state index >= 15 is 0 Å². The van der Waals surface area contributed by atoms with E-state index in [0.717, 1.165) is 22.9 Å². The summed E-state index contributed by atoms with van der Waals surface area (Å²) in [5.74, 6) is 0.799. The summed E-state index contributed by atoms with van der Waals surface area (Å²) >= 11 is 0. The zero-order valence-electron chi connectivity index (χ0n) is 11.4. The zero-order valence-corrected chi connectivity index (χ0v) is 11.4. The summed E-state index contributed by atoms with van der Waals surface area (Å²) in [5.41, 5.74) is 3.15. The normalized spacial score (nSPS) is 27.1. The number of aromatic nitrogens is 2. The van der Waals surface area contributed by atoms with Crippen LogP contribution in [-0.4, -0.2) is 14.9 Å². The largest absolute Gasteiger partial charge is 0.389 e. The number of aliphatic hydroxyl groups excluding tert-OH is 1. The molecule has 1 saturated carbocycles. The molecule has 1 aliphatic rings. The van der Waals surface area contributed by atoms with E-state index in [1.807, 2.05) is 13.8 Å². The van der Waals surface area contributed by atoms with Crippen LogP contribution in [0.3, 0.4) is 0 Å². The van der Waals surface area contributed by atoms with Gasteiger partial charge in [-0.05, 0) is 39.5 Å². The molecule has 1 N–H and O–H groups in total. The molecule has 0 radical (unpaired) electrons. The molecule has 3 unspecified atom stereocenters. The molecular formula is C14H24N2O. The van der Waals surface area contributed by atoms with E-state index in [9.17, 15) is 5.11 Å². The first-order valence-corrected chi connectivity index (χ1v) is 6.74. The predicted molar refractivity (Wildman–Crippen MR) is 69.0 cm³/mol. The molecule has 1 aromatic heterocycles. The van der Waals surface area contributed by atoms with Gasteiger partial charge >= 0.3 is 0 Å². The van der Waals surface area contributed by atoms with Gasteiger partial charge in [0.05, 0.1) is 17.8 Å². The highest BCUT2D eigenvalue weighted by molar-refractivity contribution is 5.27. The summed E-state index contributed by atoms with van der Waals surface area (Å²) in [5, 5.41) is 14.4. The molecule has 1 aromatic rings. The number of nitrogens with zero attached hydrogens (tertiary/aromatic N) is 2. The molecule has 1 fully saturated rings. The number of hydrogen-bond donors (Lipinski definition) is 1. The lowest BCUT2D eigenvalue weighted by atomic mass is 9.87. The van der Waals surface area contributed by atoms with E-state index in [4.69, 9.17) is 0 Å². The number of aryl methyl sites for hydroxylation is 1. The smallest absolute Gasteiger partial charge is 0.0797 e. The van der Waals surface area contributed by atoms with Crippen LogP contribution in [-0.2, 0) is 0 Å². The van der Waals surface area contributed by atoms with Crippen molar-refractivity contribution in [3.05, 3.63) is 17.0 Å². The van der Waals surface area contributed by atoms with Crippen LogP contribution >= 0.6 is 0 Å².